The second-order valence-electron chi connectivity index (χ2n) is 6.39. The Hall–Kier alpha value is -2.30. The molecule has 120 valence electrons. The molecule has 5 heteroatoms. The minimum Gasteiger partial charge on any atom is -0.497 e. The van der Waals surface area contributed by atoms with Crippen molar-refractivity contribution >= 4 is 11.8 Å². The Morgan fingerprint density at radius 1 is 1.26 bits per heavy atom. The van der Waals surface area contributed by atoms with Gasteiger partial charge in [-0.1, -0.05) is 6.07 Å². The van der Waals surface area contributed by atoms with Crippen LogP contribution in [0.1, 0.15) is 36.9 Å². The van der Waals surface area contributed by atoms with Gasteiger partial charge < -0.3 is 14.4 Å². The first-order valence-corrected chi connectivity index (χ1v) is 7.99. The van der Waals surface area contributed by atoms with E-state index in [2.05, 4.69) is 17.0 Å². The molecule has 2 unspecified atom stereocenters. The van der Waals surface area contributed by atoms with Crippen LogP contribution in [0, 0.1) is 0 Å². The number of ketones is 1. The smallest absolute Gasteiger partial charge is 0.343 e. The molecule has 1 aromatic carbocycles. The quantitative estimate of drug-likeness (QED) is 0.587. The lowest BCUT2D eigenvalue weighted by Gasteiger charge is -2.45. The van der Waals surface area contributed by atoms with E-state index in [-0.39, 0.29) is 23.5 Å². The van der Waals surface area contributed by atoms with Gasteiger partial charge in [0.15, 0.2) is 5.78 Å². The third kappa shape index (κ3) is 2.14. The van der Waals surface area contributed by atoms with Crippen molar-refractivity contribution in [1.82, 2.24) is 4.90 Å². The van der Waals surface area contributed by atoms with Crippen molar-refractivity contribution < 1.29 is 19.1 Å². The largest absolute Gasteiger partial charge is 0.497 e. The monoisotopic (exact) mass is 313 g/mol. The van der Waals surface area contributed by atoms with Crippen LogP contribution in [-0.4, -0.2) is 36.4 Å². The number of hydrogen-bond donors (Lipinski definition) is 0. The number of hydrogen-bond acceptors (Lipinski definition) is 5. The number of methoxy groups -OCH3 is 1. The molecular weight excluding hydrogens is 294 g/mol. The average Bonchev–Trinajstić information content (AvgIpc) is 2.53. The highest BCUT2D eigenvalue weighted by atomic mass is 16.5. The van der Waals surface area contributed by atoms with Gasteiger partial charge >= 0.3 is 5.97 Å². The Labute approximate surface area is 134 Å². The number of rotatable bonds is 1. The van der Waals surface area contributed by atoms with Gasteiger partial charge in [-0.2, -0.15) is 0 Å². The first-order valence-electron chi connectivity index (χ1n) is 7.99. The van der Waals surface area contributed by atoms with Crippen LogP contribution in [0.4, 0.5) is 0 Å². The third-order valence-electron chi connectivity index (χ3n) is 4.99. The van der Waals surface area contributed by atoms with Gasteiger partial charge in [0.25, 0.3) is 0 Å². The topological polar surface area (TPSA) is 55.8 Å². The van der Waals surface area contributed by atoms with Gasteiger partial charge in [0.2, 0.25) is 0 Å². The number of ether oxygens (including phenoxy) is 2. The first-order chi connectivity index (χ1) is 11.1. The average molecular weight is 313 g/mol. The molecule has 0 N–H and O–H groups in total. The molecule has 0 aromatic heterocycles. The fourth-order valence-corrected chi connectivity index (χ4v) is 3.95. The van der Waals surface area contributed by atoms with Crippen LogP contribution < -0.4 is 4.74 Å². The Balaban J connectivity index is 1.78. The molecule has 0 fully saturated rings. The van der Waals surface area contributed by atoms with E-state index < -0.39 is 5.97 Å². The van der Waals surface area contributed by atoms with Gasteiger partial charge in [-0.25, -0.2) is 4.79 Å². The van der Waals surface area contributed by atoms with E-state index in [0.717, 1.165) is 24.4 Å². The molecule has 0 radical (unpaired) electrons. The summed E-state index contributed by atoms with van der Waals surface area (Å²) >= 11 is 0. The standard InChI is InChI=1S/C18H19NO4/c1-10-7-15-17(18(21)23-10)16(20)9-14-13-4-3-12(22-2)8-11(13)5-6-19(14)15/h3-4,8,10,14H,5-7,9H2,1-2H3. The van der Waals surface area contributed by atoms with Gasteiger partial charge in [0, 0.05) is 25.1 Å². The van der Waals surface area contributed by atoms with Crippen molar-refractivity contribution in [2.45, 2.75) is 38.3 Å². The highest BCUT2D eigenvalue weighted by Gasteiger charge is 2.43. The summed E-state index contributed by atoms with van der Waals surface area (Å²) < 4.78 is 10.5. The summed E-state index contributed by atoms with van der Waals surface area (Å²) in [5.74, 6) is 0.290. The number of nitrogens with zero attached hydrogens (tertiary/aromatic N) is 1. The summed E-state index contributed by atoms with van der Waals surface area (Å²) in [6.07, 6.45) is 1.67. The highest BCUT2D eigenvalue weighted by Crippen LogP contribution is 2.43. The Bertz CT molecular complexity index is 737. The van der Waals surface area contributed by atoms with Gasteiger partial charge in [0.1, 0.15) is 17.4 Å². The van der Waals surface area contributed by atoms with E-state index in [0.29, 0.717) is 12.8 Å². The van der Waals surface area contributed by atoms with E-state index in [1.807, 2.05) is 13.0 Å². The summed E-state index contributed by atoms with van der Waals surface area (Å²) in [5, 5.41) is 0. The normalized spacial score (nSPS) is 26.3. The van der Waals surface area contributed by atoms with E-state index >= 15 is 0 Å². The van der Waals surface area contributed by atoms with Crippen molar-refractivity contribution in [3.63, 3.8) is 0 Å². The number of carbonyl (C=O) groups excluding carboxylic acids is 2. The molecule has 3 heterocycles. The van der Waals surface area contributed by atoms with Gasteiger partial charge in [-0.05, 0) is 36.6 Å². The minimum atomic E-state index is -0.456. The minimum absolute atomic E-state index is 0.0222. The summed E-state index contributed by atoms with van der Waals surface area (Å²) in [4.78, 5) is 26.9. The molecule has 0 bridgehead atoms. The molecule has 3 aliphatic rings. The Morgan fingerprint density at radius 2 is 2.09 bits per heavy atom. The molecule has 0 amide bonds. The molecule has 0 saturated carbocycles. The molecular formula is C18H19NO4. The maximum absolute atomic E-state index is 12.5. The summed E-state index contributed by atoms with van der Waals surface area (Å²) in [6, 6.07) is 6.07. The van der Waals surface area contributed by atoms with Crippen LogP contribution in [-0.2, 0) is 20.7 Å². The number of cyclic esters (lactones) is 1. The summed E-state index contributed by atoms with van der Waals surface area (Å²) in [5.41, 5.74) is 3.55. The fourth-order valence-electron chi connectivity index (χ4n) is 3.95. The van der Waals surface area contributed by atoms with Crippen LogP contribution in [0.2, 0.25) is 0 Å². The summed E-state index contributed by atoms with van der Waals surface area (Å²) in [6.45, 7) is 2.69. The highest BCUT2D eigenvalue weighted by molar-refractivity contribution is 6.19. The van der Waals surface area contributed by atoms with Crippen LogP contribution in [0.3, 0.4) is 0 Å². The van der Waals surface area contributed by atoms with Crippen molar-refractivity contribution in [3.8, 4) is 5.75 Å². The lowest BCUT2D eigenvalue weighted by Crippen LogP contribution is -2.45. The Kier molecular flexibility index (Phi) is 3.18. The van der Waals surface area contributed by atoms with Crippen molar-refractivity contribution in [1.29, 1.82) is 0 Å². The maximum atomic E-state index is 12.5. The van der Waals surface area contributed by atoms with Crippen molar-refractivity contribution in [2.75, 3.05) is 13.7 Å². The molecule has 0 spiro atoms. The zero-order chi connectivity index (χ0) is 16.1. The van der Waals surface area contributed by atoms with Crippen LogP contribution in [0.5, 0.6) is 5.75 Å². The second-order valence-corrected chi connectivity index (χ2v) is 6.39. The molecule has 23 heavy (non-hydrogen) atoms. The van der Waals surface area contributed by atoms with Gasteiger partial charge in [0.05, 0.1) is 13.2 Å². The zero-order valence-corrected chi connectivity index (χ0v) is 13.3. The SMILES string of the molecule is COc1ccc2c(c1)CCN1C3=C(C(=O)CC21)C(=O)OC(C)C3. The lowest BCUT2D eigenvalue weighted by atomic mass is 9.82. The molecule has 1 aromatic rings. The molecule has 3 aliphatic heterocycles. The van der Waals surface area contributed by atoms with E-state index in [9.17, 15) is 9.59 Å². The van der Waals surface area contributed by atoms with Gasteiger partial charge in [-0.15, -0.1) is 0 Å². The molecule has 2 atom stereocenters. The number of Topliss-reactive ketones (excluding diaryl/α,β-unsaturated/α-hetero) is 1. The van der Waals surface area contributed by atoms with E-state index in [1.165, 1.54) is 11.1 Å². The Morgan fingerprint density at radius 3 is 2.87 bits per heavy atom. The van der Waals surface area contributed by atoms with Gasteiger partial charge in [-0.3, -0.25) is 4.79 Å². The maximum Gasteiger partial charge on any atom is 0.343 e. The zero-order valence-electron chi connectivity index (χ0n) is 13.3. The van der Waals surface area contributed by atoms with E-state index in [1.54, 1.807) is 7.11 Å². The number of esters is 1. The van der Waals surface area contributed by atoms with E-state index in [4.69, 9.17) is 9.47 Å². The molecule has 0 aliphatic carbocycles. The predicted octanol–water partition coefficient (Wildman–Crippen LogP) is 2.16. The number of fused-ring (bicyclic) bond motifs is 4. The van der Waals surface area contributed by atoms with Crippen LogP contribution in [0.15, 0.2) is 29.5 Å². The number of carbonyl (C=O) groups is 2. The fraction of sp³-hybridized carbons (Fsp3) is 0.444. The molecule has 4 rings (SSSR count). The van der Waals surface area contributed by atoms with Crippen LogP contribution in [0.25, 0.3) is 0 Å². The third-order valence-corrected chi connectivity index (χ3v) is 4.99. The first kappa shape index (κ1) is 14.3. The van der Waals surface area contributed by atoms with Crippen molar-refractivity contribution in [2.24, 2.45) is 0 Å². The lowest BCUT2D eigenvalue weighted by molar-refractivity contribution is -0.147. The second kappa shape index (κ2) is 5.11. The predicted molar refractivity (Wildman–Crippen MR) is 83.0 cm³/mol. The summed E-state index contributed by atoms with van der Waals surface area (Å²) in [7, 11) is 1.66. The van der Waals surface area contributed by atoms with Crippen molar-refractivity contribution in [3.05, 3.63) is 40.6 Å². The molecule has 5 nitrogen and oxygen atoms in total. The number of benzene rings is 1. The molecule has 0 saturated heterocycles. The van der Waals surface area contributed by atoms with Crippen LogP contribution >= 0.6 is 0 Å².